The second-order valence-corrected chi connectivity index (χ2v) is 5.92. The number of aromatic nitrogens is 2. The largest absolute Gasteiger partial charge is 0.497 e. The molecule has 0 fully saturated rings. The third kappa shape index (κ3) is 3.02. The highest BCUT2D eigenvalue weighted by Crippen LogP contribution is 2.29. The average molecular weight is 335 g/mol. The number of rotatable bonds is 4. The molecule has 3 rings (SSSR count). The average Bonchev–Trinajstić information content (AvgIpc) is 2.95. The highest BCUT2D eigenvalue weighted by molar-refractivity contribution is 7.94. The standard InChI is InChI=1S/C14H10FN3O2S2/c1-20-8-2-4-10-12(6-8)21-14(17-10)18-13(19)11-5-3-9(22-15)7-16-11/h2-7H,1H3,(H,17,18,19). The number of nitrogens with one attached hydrogen (secondary N) is 1. The highest BCUT2D eigenvalue weighted by atomic mass is 32.2. The summed E-state index contributed by atoms with van der Waals surface area (Å²) in [6.45, 7) is 0. The molecule has 2 heterocycles. The number of amides is 1. The lowest BCUT2D eigenvalue weighted by molar-refractivity contribution is 0.102. The van der Waals surface area contributed by atoms with Crippen LogP contribution in [-0.4, -0.2) is 23.0 Å². The molecule has 112 valence electrons. The summed E-state index contributed by atoms with van der Waals surface area (Å²) < 4.78 is 18.4. The van der Waals surface area contributed by atoms with Crippen LogP contribution < -0.4 is 10.1 Å². The molecule has 0 aliphatic rings. The Kier molecular flexibility index (Phi) is 4.21. The third-order valence-electron chi connectivity index (χ3n) is 2.87. The molecule has 0 bridgehead atoms. The summed E-state index contributed by atoms with van der Waals surface area (Å²) in [5.74, 6) is 0.344. The Balaban J connectivity index is 1.80. The minimum absolute atomic E-state index is 0.0833. The second-order valence-electron chi connectivity index (χ2n) is 4.26. The van der Waals surface area contributed by atoms with Crippen molar-refractivity contribution in [3.63, 3.8) is 0 Å². The SMILES string of the molecule is COc1ccc2nc(NC(=O)c3ccc(SF)cn3)sc2c1. The Morgan fingerprint density at radius 2 is 2.23 bits per heavy atom. The number of halogens is 1. The van der Waals surface area contributed by atoms with Crippen LogP contribution in [0, 0.1) is 0 Å². The maximum absolute atomic E-state index is 12.3. The van der Waals surface area contributed by atoms with Gasteiger partial charge in [-0.2, -0.15) is 3.89 Å². The van der Waals surface area contributed by atoms with Gasteiger partial charge in [0.2, 0.25) is 0 Å². The van der Waals surface area contributed by atoms with Crippen molar-refractivity contribution in [3.8, 4) is 5.75 Å². The number of carbonyl (C=O) groups is 1. The molecule has 0 aliphatic heterocycles. The fraction of sp³-hybridized carbons (Fsp3) is 0.0714. The zero-order valence-corrected chi connectivity index (χ0v) is 13.0. The summed E-state index contributed by atoms with van der Waals surface area (Å²) in [7, 11) is 1.59. The van der Waals surface area contributed by atoms with E-state index in [9.17, 15) is 8.68 Å². The number of hydrogen-bond acceptors (Lipinski definition) is 6. The Morgan fingerprint density at radius 3 is 2.91 bits per heavy atom. The number of thiazole rings is 1. The summed E-state index contributed by atoms with van der Waals surface area (Å²) >= 11 is 1.43. The molecule has 0 unspecified atom stereocenters. The molecule has 0 spiro atoms. The number of pyridine rings is 1. The third-order valence-corrected chi connectivity index (χ3v) is 4.23. The zero-order chi connectivity index (χ0) is 15.5. The van der Waals surface area contributed by atoms with Gasteiger partial charge in [-0.05, 0) is 30.3 Å². The van der Waals surface area contributed by atoms with Gasteiger partial charge in [-0.1, -0.05) is 11.3 Å². The van der Waals surface area contributed by atoms with E-state index in [0.717, 1.165) is 16.0 Å². The van der Waals surface area contributed by atoms with Crippen molar-refractivity contribution in [2.24, 2.45) is 0 Å². The normalized spacial score (nSPS) is 10.6. The van der Waals surface area contributed by atoms with Crippen molar-refractivity contribution < 1.29 is 13.4 Å². The summed E-state index contributed by atoms with van der Waals surface area (Å²) in [4.78, 5) is 20.7. The van der Waals surface area contributed by atoms with Gasteiger partial charge in [0, 0.05) is 6.20 Å². The molecule has 1 aromatic carbocycles. The van der Waals surface area contributed by atoms with Crippen LogP contribution in [0.25, 0.3) is 10.2 Å². The lowest BCUT2D eigenvalue weighted by atomic mass is 10.3. The number of fused-ring (bicyclic) bond motifs is 1. The van der Waals surface area contributed by atoms with Crippen molar-refractivity contribution in [1.82, 2.24) is 9.97 Å². The molecular weight excluding hydrogens is 325 g/mol. The Morgan fingerprint density at radius 1 is 1.36 bits per heavy atom. The number of nitrogens with zero attached hydrogens (tertiary/aromatic N) is 2. The first-order valence-electron chi connectivity index (χ1n) is 6.20. The fourth-order valence-electron chi connectivity index (χ4n) is 1.81. The number of hydrogen-bond donors (Lipinski definition) is 1. The summed E-state index contributed by atoms with van der Waals surface area (Å²) in [6, 6.07) is 8.45. The topological polar surface area (TPSA) is 64.1 Å². The lowest BCUT2D eigenvalue weighted by Crippen LogP contribution is -2.13. The smallest absolute Gasteiger partial charge is 0.276 e. The van der Waals surface area contributed by atoms with Crippen molar-refractivity contribution in [2.45, 2.75) is 4.90 Å². The Bertz CT molecular complexity index is 821. The molecule has 1 amide bonds. The van der Waals surface area contributed by atoms with Gasteiger partial charge in [0.05, 0.1) is 34.4 Å². The molecule has 0 atom stereocenters. The first-order chi connectivity index (χ1) is 10.7. The summed E-state index contributed by atoms with van der Waals surface area (Å²) in [6.07, 6.45) is 1.31. The van der Waals surface area contributed by atoms with Crippen LogP contribution in [-0.2, 0) is 0 Å². The van der Waals surface area contributed by atoms with Gasteiger partial charge >= 0.3 is 0 Å². The van der Waals surface area contributed by atoms with Gasteiger partial charge < -0.3 is 4.74 Å². The number of methoxy groups -OCH3 is 1. The molecule has 3 aromatic rings. The summed E-state index contributed by atoms with van der Waals surface area (Å²) in [5, 5.41) is 3.16. The fourth-order valence-corrected chi connectivity index (χ4v) is 2.91. The zero-order valence-electron chi connectivity index (χ0n) is 11.4. The number of benzene rings is 1. The van der Waals surface area contributed by atoms with E-state index in [4.69, 9.17) is 4.74 Å². The Labute approximate surface area is 133 Å². The van der Waals surface area contributed by atoms with Crippen molar-refractivity contribution in [2.75, 3.05) is 12.4 Å². The predicted octanol–water partition coefficient (Wildman–Crippen LogP) is 3.93. The van der Waals surface area contributed by atoms with Crippen LogP contribution in [0.1, 0.15) is 10.5 Å². The lowest BCUT2D eigenvalue weighted by Gasteiger charge is -2.00. The molecule has 5 nitrogen and oxygen atoms in total. The van der Waals surface area contributed by atoms with Crippen LogP contribution >= 0.6 is 23.5 Å². The monoisotopic (exact) mass is 335 g/mol. The molecule has 0 aliphatic carbocycles. The molecule has 0 saturated heterocycles. The van der Waals surface area contributed by atoms with E-state index in [1.54, 1.807) is 7.11 Å². The van der Waals surface area contributed by atoms with E-state index in [0.29, 0.717) is 10.0 Å². The van der Waals surface area contributed by atoms with Crippen LogP contribution in [0.15, 0.2) is 41.4 Å². The van der Waals surface area contributed by atoms with Crippen LogP contribution in [0.5, 0.6) is 5.75 Å². The van der Waals surface area contributed by atoms with E-state index in [1.807, 2.05) is 18.2 Å². The van der Waals surface area contributed by atoms with Crippen LogP contribution in [0.2, 0.25) is 0 Å². The molecule has 0 saturated carbocycles. The van der Waals surface area contributed by atoms with Crippen LogP contribution in [0.4, 0.5) is 9.02 Å². The molecule has 0 radical (unpaired) electrons. The second kappa shape index (κ2) is 6.29. The maximum Gasteiger partial charge on any atom is 0.276 e. The van der Waals surface area contributed by atoms with Gasteiger partial charge in [0.15, 0.2) is 5.13 Å². The molecular formula is C14H10FN3O2S2. The van der Waals surface area contributed by atoms with E-state index in [1.165, 1.54) is 29.7 Å². The van der Waals surface area contributed by atoms with Gasteiger partial charge in [-0.15, -0.1) is 0 Å². The van der Waals surface area contributed by atoms with Gasteiger partial charge in [0.25, 0.3) is 5.91 Å². The highest BCUT2D eigenvalue weighted by Gasteiger charge is 2.11. The first-order valence-corrected chi connectivity index (χ1v) is 7.73. The minimum atomic E-state index is -0.388. The maximum atomic E-state index is 12.3. The van der Waals surface area contributed by atoms with Crippen molar-refractivity contribution in [3.05, 3.63) is 42.2 Å². The Hall–Kier alpha value is -2.19. The van der Waals surface area contributed by atoms with Gasteiger partial charge in [-0.3, -0.25) is 10.1 Å². The molecule has 8 heteroatoms. The van der Waals surface area contributed by atoms with Gasteiger partial charge in [0.1, 0.15) is 11.4 Å². The van der Waals surface area contributed by atoms with Crippen molar-refractivity contribution >= 4 is 44.7 Å². The quantitative estimate of drug-likeness (QED) is 0.782. The van der Waals surface area contributed by atoms with E-state index < -0.39 is 0 Å². The molecule has 2 aromatic heterocycles. The minimum Gasteiger partial charge on any atom is -0.497 e. The number of carbonyl (C=O) groups excluding carboxylic acids is 1. The van der Waals surface area contributed by atoms with Crippen LogP contribution in [0.3, 0.4) is 0 Å². The van der Waals surface area contributed by atoms with E-state index >= 15 is 0 Å². The van der Waals surface area contributed by atoms with Gasteiger partial charge in [-0.25, -0.2) is 9.97 Å². The molecule has 1 N–H and O–H groups in total. The number of ether oxygens (including phenoxy) is 1. The number of anilines is 1. The van der Waals surface area contributed by atoms with E-state index in [-0.39, 0.29) is 23.7 Å². The first kappa shape index (κ1) is 14.7. The summed E-state index contributed by atoms with van der Waals surface area (Å²) in [5.41, 5.74) is 0.980. The van der Waals surface area contributed by atoms with E-state index in [2.05, 4.69) is 15.3 Å². The molecule has 22 heavy (non-hydrogen) atoms. The van der Waals surface area contributed by atoms with Crippen molar-refractivity contribution in [1.29, 1.82) is 0 Å². The predicted molar refractivity (Wildman–Crippen MR) is 85.3 cm³/mol.